The van der Waals surface area contributed by atoms with E-state index in [1.54, 1.807) is 7.11 Å². The van der Waals surface area contributed by atoms with Gasteiger partial charge in [0.15, 0.2) is 5.16 Å². The van der Waals surface area contributed by atoms with Crippen molar-refractivity contribution in [3.05, 3.63) is 35.7 Å². The zero-order valence-corrected chi connectivity index (χ0v) is 15.7. The number of ether oxygens (including phenoxy) is 1. The van der Waals surface area contributed by atoms with Crippen LogP contribution in [0.25, 0.3) is 0 Å². The number of nitrogens with one attached hydrogen (secondary N) is 1. The zero-order valence-electron chi connectivity index (χ0n) is 14.9. The van der Waals surface area contributed by atoms with Crippen LogP contribution < -0.4 is 10.1 Å². The number of methoxy groups -OCH3 is 1. The Labute approximate surface area is 152 Å². The van der Waals surface area contributed by atoms with Crippen LogP contribution in [0.1, 0.15) is 44.0 Å². The lowest BCUT2D eigenvalue weighted by Gasteiger charge is -2.14. The highest BCUT2D eigenvalue weighted by Crippen LogP contribution is 2.40. The first-order valence-electron chi connectivity index (χ1n) is 8.63. The SMILES string of the molecule is CCn1c(S[C@@H](C)C(=O)NCc2ccccc2OC)nnc1C1CC1. The Hall–Kier alpha value is -2.02. The zero-order chi connectivity index (χ0) is 17.8. The second-order valence-corrected chi connectivity index (χ2v) is 7.46. The van der Waals surface area contributed by atoms with Gasteiger partial charge in [0, 0.05) is 24.6 Å². The summed E-state index contributed by atoms with van der Waals surface area (Å²) in [5, 5.41) is 12.2. The number of carbonyl (C=O) groups is 1. The van der Waals surface area contributed by atoms with Crippen molar-refractivity contribution >= 4 is 17.7 Å². The van der Waals surface area contributed by atoms with Gasteiger partial charge in [0.2, 0.25) is 5.91 Å². The van der Waals surface area contributed by atoms with Gasteiger partial charge in [-0.1, -0.05) is 30.0 Å². The average Bonchev–Trinajstić information content (AvgIpc) is 3.40. The highest BCUT2D eigenvalue weighted by molar-refractivity contribution is 8.00. The highest BCUT2D eigenvalue weighted by atomic mass is 32.2. The molecule has 25 heavy (non-hydrogen) atoms. The molecule has 0 saturated heterocycles. The predicted octanol–water partition coefficient (Wildman–Crippen LogP) is 2.98. The topological polar surface area (TPSA) is 69.0 Å². The monoisotopic (exact) mass is 360 g/mol. The molecule has 0 bridgehead atoms. The van der Waals surface area contributed by atoms with Crippen LogP contribution in [0.2, 0.25) is 0 Å². The lowest BCUT2D eigenvalue weighted by atomic mass is 10.2. The van der Waals surface area contributed by atoms with Gasteiger partial charge >= 0.3 is 0 Å². The molecule has 0 radical (unpaired) electrons. The molecule has 0 unspecified atom stereocenters. The quantitative estimate of drug-likeness (QED) is 0.733. The molecule has 1 amide bonds. The Morgan fingerprint density at radius 1 is 1.40 bits per heavy atom. The molecular formula is C18H24N4O2S. The van der Waals surface area contributed by atoms with Crippen LogP contribution in [0.15, 0.2) is 29.4 Å². The van der Waals surface area contributed by atoms with E-state index in [0.717, 1.165) is 28.8 Å². The molecule has 1 saturated carbocycles. The van der Waals surface area contributed by atoms with E-state index in [2.05, 4.69) is 27.0 Å². The lowest BCUT2D eigenvalue weighted by molar-refractivity contribution is -0.120. The van der Waals surface area contributed by atoms with E-state index >= 15 is 0 Å². The molecule has 1 heterocycles. The number of amides is 1. The maximum atomic E-state index is 12.4. The van der Waals surface area contributed by atoms with Crippen LogP contribution in [0.3, 0.4) is 0 Å². The fraction of sp³-hybridized carbons (Fsp3) is 0.500. The number of rotatable bonds is 8. The van der Waals surface area contributed by atoms with Gasteiger partial charge < -0.3 is 14.6 Å². The molecule has 1 N–H and O–H groups in total. The molecule has 1 fully saturated rings. The van der Waals surface area contributed by atoms with Crippen molar-refractivity contribution in [2.45, 2.75) is 56.1 Å². The number of nitrogens with zero attached hydrogens (tertiary/aromatic N) is 3. The van der Waals surface area contributed by atoms with Gasteiger partial charge in [-0.25, -0.2) is 0 Å². The average molecular weight is 360 g/mol. The largest absolute Gasteiger partial charge is 0.496 e. The van der Waals surface area contributed by atoms with Gasteiger partial charge in [-0.05, 0) is 32.8 Å². The summed E-state index contributed by atoms with van der Waals surface area (Å²) in [4.78, 5) is 12.4. The van der Waals surface area contributed by atoms with Crippen LogP contribution in [-0.2, 0) is 17.9 Å². The van der Waals surface area contributed by atoms with E-state index in [9.17, 15) is 4.79 Å². The summed E-state index contributed by atoms with van der Waals surface area (Å²) in [6.45, 7) is 5.26. The van der Waals surface area contributed by atoms with E-state index in [-0.39, 0.29) is 11.2 Å². The van der Waals surface area contributed by atoms with Crippen LogP contribution >= 0.6 is 11.8 Å². The molecule has 1 aliphatic rings. The van der Waals surface area contributed by atoms with E-state index < -0.39 is 0 Å². The number of hydrogen-bond donors (Lipinski definition) is 1. The first kappa shape index (κ1) is 17.8. The number of benzene rings is 1. The molecule has 134 valence electrons. The highest BCUT2D eigenvalue weighted by Gasteiger charge is 2.30. The van der Waals surface area contributed by atoms with E-state index in [0.29, 0.717) is 12.5 Å². The molecule has 7 heteroatoms. The van der Waals surface area contributed by atoms with Crippen molar-refractivity contribution in [3.63, 3.8) is 0 Å². The first-order valence-corrected chi connectivity index (χ1v) is 9.51. The minimum atomic E-state index is -0.240. The molecule has 1 atom stereocenters. The Morgan fingerprint density at radius 3 is 2.84 bits per heavy atom. The maximum absolute atomic E-state index is 12.4. The number of hydrogen-bond acceptors (Lipinski definition) is 5. The summed E-state index contributed by atoms with van der Waals surface area (Å²) < 4.78 is 7.45. The standard InChI is InChI=1S/C18H24N4O2S/c1-4-22-16(13-9-10-13)20-21-18(22)25-12(2)17(23)19-11-14-7-5-6-8-15(14)24-3/h5-8,12-13H,4,9-11H2,1-3H3,(H,19,23)/t12-/m0/s1. The van der Waals surface area contributed by atoms with Crippen molar-refractivity contribution in [2.75, 3.05) is 7.11 Å². The van der Waals surface area contributed by atoms with Crippen molar-refractivity contribution in [2.24, 2.45) is 0 Å². The molecule has 1 aromatic carbocycles. The van der Waals surface area contributed by atoms with Crippen molar-refractivity contribution in [3.8, 4) is 5.75 Å². The normalized spacial score (nSPS) is 15.0. The molecule has 6 nitrogen and oxygen atoms in total. The lowest BCUT2D eigenvalue weighted by Crippen LogP contribution is -2.30. The smallest absolute Gasteiger partial charge is 0.233 e. The maximum Gasteiger partial charge on any atom is 0.233 e. The van der Waals surface area contributed by atoms with Gasteiger partial charge in [-0.15, -0.1) is 10.2 Å². The molecule has 2 aromatic rings. The number of thioether (sulfide) groups is 1. The van der Waals surface area contributed by atoms with Crippen molar-refractivity contribution in [1.82, 2.24) is 20.1 Å². The van der Waals surface area contributed by atoms with Crippen LogP contribution in [0.5, 0.6) is 5.75 Å². The summed E-state index contributed by atoms with van der Waals surface area (Å²) in [7, 11) is 1.63. The van der Waals surface area contributed by atoms with Crippen molar-refractivity contribution < 1.29 is 9.53 Å². The summed E-state index contributed by atoms with van der Waals surface area (Å²) in [5.74, 6) is 2.38. The Kier molecular flexibility index (Phi) is 5.63. The first-order chi connectivity index (χ1) is 12.1. The minimum absolute atomic E-state index is 0.0190. The molecule has 0 aliphatic heterocycles. The number of para-hydroxylation sites is 1. The minimum Gasteiger partial charge on any atom is -0.496 e. The fourth-order valence-electron chi connectivity index (χ4n) is 2.71. The molecule has 0 spiro atoms. The second-order valence-electron chi connectivity index (χ2n) is 6.15. The number of carbonyl (C=O) groups excluding carboxylic acids is 1. The Bertz CT molecular complexity index is 742. The predicted molar refractivity (Wildman–Crippen MR) is 97.8 cm³/mol. The van der Waals surface area contributed by atoms with Gasteiger partial charge in [-0.2, -0.15) is 0 Å². The Morgan fingerprint density at radius 2 is 2.16 bits per heavy atom. The summed E-state index contributed by atoms with van der Waals surface area (Å²) in [6.07, 6.45) is 2.38. The van der Waals surface area contributed by atoms with Gasteiger partial charge in [0.25, 0.3) is 0 Å². The van der Waals surface area contributed by atoms with E-state index in [1.807, 2.05) is 31.2 Å². The molecule has 1 aliphatic carbocycles. The van der Waals surface area contributed by atoms with E-state index in [1.165, 1.54) is 24.6 Å². The van der Waals surface area contributed by atoms with Gasteiger partial charge in [-0.3, -0.25) is 4.79 Å². The summed E-state index contributed by atoms with van der Waals surface area (Å²) >= 11 is 1.46. The summed E-state index contributed by atoms with van der Waals surface area (Å²) in [5.41, 5.74) is 0.961. The van der Waals surface area contributed by atoms with Crippen molar-refractivity contribution in [1.29, 1.82) is 0 Å². The van der Waals surface area contributed by atoms with Gasteiger partial charge in [0.05, 0.1) is 12.4 Å². The van der Waals surface area contributed by atoms with Gasteiger partial charge in [0.1, 0.15) is 11.6 Å². The van der Waals surface area contributed by atoms with Crippen LogP contribution in [0.4, 0.5) is 0 Å². The fourth-order valence-corrected chi connectivity index (χ4v) is 3.66. The van der Waals surface area contributed by atoms with Crippen LogP contribution in [0, 0.1) is 0 Å². The van der Waals surface area contributed by atoms with E-state index in [4.69, 9.17) is 4.74 Å². The third kappa shape index (κ3) is 4.15. The van der Waals surface area contributed by atoms with Crippen LogP contribution in [-0.4, -0.2) is 33.0 Å². The second kappa shape index (κ2) is 7.91. The Balaban J connectivity index is 1.59. The third-order valence-electron chi connectivity index (χ3n) is 4.30. The molecule has 3 rings (SSSR count). The summed E-state index contributed by atoms with van der Waals surface area (Å²) in [6, 6.07) is 7.69. The molecule has 1 aromatic heterocycles. The third-order valence-corrected chi connectivity index (χ3v) is 5.38. The molecular weight excluding hydrogens is 336 g/mol. The number of aromatic nitrogens is 3.